The van der Waals surface area contributed by atoms with Crippen molar-refractivity contribution in [3.8, 4) is 18.1 Å². The smallest absolute Gasteiger partial charge is 0.253 e. The highest BCUT2D eigenvalue weighted by Crippen LogP contribution is 2.55. The largest absolute Gasteiger partial charge is 0.495 e. The monoisotopic (exact) mass is 415 g/mol. The SMILES string of the molecule is C#CCN1C(=O)[C@]2(N[C@@H](C)[C@H]3C(=O)N(c4ccccc4OC)C(=O)[C@H]32)c2ccccc21. The molecule has 3 amide bonds. The second kappa shape index (κ2) is 6.69. The molecule has 2 fully saturated rings. The van der Waals surface area contributed by atoms with Gasteiger partial charge in [0.15, 0.2) is 0 Å². The van der Waals surface area contributed by atoms with Crippen LogP contribution in [0.3, 0.4) is 0 Å². The standard InChI is InChI=1S/C24H21N3O4/c1-4-13-26-16-10-6-5-9-15(16)24(23(26)30)20-19(14(2)25-24)21(28)27(22(20)29)17-11-7-8-12-18(17)31-3/h1,5-12,14,19-20,25H,13H2,2-3H3/t14-,19+,20-,24-/m0/s1. The Morgan fingerprint density at radius 2 is 1.74 bits per heavy atom. The van der Waals surface area contributed by atoms with E-state index in [2.05, 4.69) is 11.2 Å². The van der Waals surface area contributed by atoms with Gasteiger partial charge in [0.2, 0.25) is 11.8 Å². The van der Waals surface area contributed by atoms with Crippen LogP contribution in [0.1, 0.15) is 12.5 Å². The Kier molecular flexibility index (Phi) is 4.17. The van der Waals surface area contributed by atoms with Crippen molar-refractivity contribution >= 4 is 29.1 Å². The first-order chi connectivity index (χ1) is 15.0. The summed E-state index contributed by atoms with van der Waals surface area (Å²) in [6.45, 7) is 1.92. The summed E-state index contributed by atoms with van der Waals surface area (Å²) in [5.41, 5.74) is 0.400. The number of terminal acetylenes is 1. The molecule has 7 nitrogen and oxygen atoms in total. The third-order valence-corrected chi connectivity index (χ3v) is 6.59. The number of methoxy groups -OCH3 is 1. The fraction of sp³-hybridized carbons (Fsp3) is 0.292. The van der Waals surface area contributed by atoms with E-state index < -0.39 is 23.3 Å². The topological polar surface area (TPSA) is 79.0 Å². The molecule has 3 aliphatic heterocycles. The summed E-state index contributed by atoms with van der Waals surface area (Å²) in [6, 6.07) is 13.8. The summed E-state index contributed by atoms with van der Waals surface area (Å²) in [4.78, 5) is 43.7. The maximum absolute atomic E-state index is 13.8. The number of benzene rings is 2. The van der Waals surface area contributed by atoms with Gasteiger partial charge in [-0.2, -0.15) is 0 Å². The number of nitrogens with one attached hydrogen (secondary N) is 1. The van der Waals surface area contributed by atoms with Crippen molar-refractivity contribution in [2.24, 2.45) is 11.8 Å². The van der Waals surface area contributed by atoms with Crippen LogP contribution in [0.25, 0.3) is 0 Å². The molecule has 3 heterocycles. The number of amides is 3. The molecule has 2 aromatic carbocycles. The van der Waals surface area contributed by atoms with Crippen molar-refractivity contribution in [3.63, 3.8) is 0 Å². The van der Waals surface area contributed by atoms with Crippen LogP contribution in [-0.2, 0) is 19.9 Å². The van der Waals surface area contributed by atoms with Crippen LogP contribution in [0.4, 0.5) is 11.4 Å². The molecule has 1 spiro atoms. The summed E-state index contributed by atoms with van der Waals surface area (Å²) < 4.78 is 5.39. The molecule has 7 heteroatoms. The fourth-order valence-corrected chi connectivity index (χ4v) is 5.41. The minimum absolute atomic E-state index is 0.0867. The lowest BCUT2D eigenvalue weighted by molar-refractivity contribution is -0.132. The molecule has 0 aliphatic carbocycles. The van der Waals surface area contributed by atoms with E-state index in [1.54, 1.807) is 24.3 Å². The third-order valence-electron chi connectivity index (χ3n) is 6.59. The molecular weight excluding hydrogens is 394 g/mol. The second-order valence-corrected chi connectivity index (χ2v) is 8.04. The van der Waals surface area contributed by atoms with Gasteiger partial charge in [0.05, 0.1) is 36.9 Å². The van der Waals surface area contributed by atoms with Gasteiger partial charge >= 0.3 is 0 Å². The Hall–Kier alpha value is -3.63. The first kappa shape index (κ1) is 19.3. The molecule has 31 heavy (non-hydrogen) atoms. The van der Waals surface area contributed by atoms with Gasteiger partial charge in [-0.1, -0.05) is 36.3 Å². The molecule has 0 radical (unpaired) electrons. The van der Waals surface area contributed by atoms with Crippen LogP contribution >= 0.6 is 0 Å². The molecule has 156 valence electrons. The zero-order valence-corrected chi connectivity index (χ0v) is 17.2. The Bertz CT molecular complexity index is 1170. The Morgan fingerprint density at radius 1 is 1.06 bits per heavy atom. The second-order valence-electron chi connectivity index (χ2n) is 8.04. The van der Waals surface area contributed by atoms with E-state index in [0.717, 1.165) is 0 Å². The minimum atomic E-state index is -1.33. The lowest BCUT2D eigenvalue weighted by Crippen LogP contribution is -2.55. The van der Waals surface area contributed by atoms with Gasteiger partial charge in [-0.3, -0.25) is 24.6 Å². The van der Waals surface area contributed by atoms with Crippen LogP contribution in [0.2, 0.25) is 0 Å². The lowest BCUT2D eigenvalue weighted by Gasteiger charge is -2.30. The maximum atomic E-state index is 13.8. The summed E-state index contributed by atoms with van der Waals surface area (Å²) >= 11 is 0. The number of anilines is 2. The number of imide groups is 1. The van der Waals surface area contributed by atoms with E-state index >= 15 is 0 Å². The van der Waals surface area contributed by atoms with Gasteiger partial charge in [0, 0.05) is 11.6 Å². The van der Waals surface area contributed by atoms with Gasteiger partial charge in [0.1, 0.15) is 11.3 Å². The average Bonchev–Trinajstić information content (AvgIpc) is 3.32. The summed E-state index contributed by atoms with van der Waals surface area (Å²) in [5.74, 6) is 0.342. The Morgan fingerprint density at radius 3 is 2.45 bits per heavy atom. The van der Waals surface area contributed by atoms with Crippen molar-refractivity contribution in [2.75, 3.05) is 23.5 Å². The van der Waals surface area contributed by atoms with Gasteiger partial charge in [-0.15, -0.1) is 6.42 Å². The highest BCUT2D eigenvalue weighted by atomic mass is 16.5. The van der Waals surface area contributed by atoms with Gasteiger partial charge in [-0.25, -0.2) is 4.90 Å². The summed E-state index contributed by atoms with van der Waals surface area (Å²) in [6.07, 6.45) is 5.52. The quantitative estimate of drug-likeness (QED) is 0.610. The van der Waals surface area contributed by atoms with Crippen LogP contribution in [0.5, 0.6) is 5.75 Å². The molecule has 0 bridgehead atoms. The molecule has 4 atom stereocenters. The third kappa shape index (κ3) is 2.31. The molecule has 0 unspecified atom stereocenters. The molecule has 0 aromatic heterocycles. The lowest BCUT2D eigenvalue weighted by atomic mass is 9.76. The number of ether oxygens (including phenoxy) is 1. The van der Waals surface area contributed by atoms with Gasteiger partial charge < -0.3 is 4.74 Å². The zero-order valence-electron chi connectivity index (χ0n) is 17.2. The average molecular weight is 415 g/mol. The van der Waals surface area contributed by atoms with E-state index in [1.807, 2.05) is 31.2 Å². The number of para-hydroxylation sites is 3. The van der Waals surface area contributed by atoms with E-state index in [4.69, 9.17) is 11.2 Å². The number of nitrogens with zero attached hydrogens (tertiary/aromatic N) is 2. The predicted octanol–water partition coefficient (Wildman–Crippen LogP) is 1.67. The van der Waals surface area contributed by atoms with Crippen LogP contribution in [0.15, 0.2) is 48.5 Å². The van der Waals surface area contributed by atoms with Crippen molar-refractivity contribution in [1.29, 1.82) is 0 Å². The summed E-state index contributed by atoms with van der Waals surface area (Å²) in [5, 5.41) is 3.33. The highest BCUT2D eigenvalue weighted by Gasteiger charge is 2.71. The zero-order chi connectivity index (χ0) is 21.9. The first-order valence-corrected chi connectivity index (χ1v) is 10.1. The Balaban J connectivity index is 1.68. The highest BCUT2D eigenvalue weighted by molar-refractivity contribution is 6.26. The number of rotatable bonds is 3. The molecular formula is C24H21N3O4. The number of carbonyl (C=O) groups excluding carboxylic acids is 3. The number of carbonyl (C=O) groups is 3. The molecule has 2 saturated heterocycles. The maximum Gasteiger partial charge on any atom is 0.253 e. The normalized spacial score (nSPS) is 28.8. The molecule has 3 aliphatic rings. The van der Waals surface area contributed by atoms with Crippen LogP contribution < -0.4 is 19.9 Å². The van der Waals surface area contributed by atoms with E-state index in [-0.39, 0.29) is 24.4 Å². The van der Waals surface area contributed by atoms with E-state index in [0.29, 0.717) is 22.7 Å². The minimum Gasteiger partial charge on any atom is -0.495 e. The molecule has 1 N–H and O–H groups in total. The van der Waals surface area contributed by atoms with Gasteiger partial charge in [-0.05, 0) is 25.1 Å². The van der Waals surface area contributed by atoms with Crippen molar-refractivity contribution in [1.82, 2.24) is 5.32 Å². The molecule has 0 saturated carbocycles. The number of hydrogen-bond donors (Lipinski definition) is 1. The Labute approximate surface area is 180 Å². The van der Waals surface area contributed by atoms with Crippen molar-refractivity contribution in [2.45, 2.75) is 18.5 Å². The van der Waals surface area contributed by atoms with E-state index in [1.165, 1.54) is 16.9 Å². The van der Waals surface area contributed by atoms with Crippen LogP contribution in [0, 0.1) is 24.2 Å². The first-order valence-electron chi connectivity index (χ1n) is 10.1. The number of fused-ring (bicyclic) bond motifs is 4. The van der Waals surface area contributed by atoms with Crippen molar-refractivity contribution in [3.05, 3.63) is 54.1 Å². The summed E-state index contributed by atoms with van der Waals surface area (Å²) in [7, 11) is 1.49. The molecule has 5 rings (SSSR count). The predicted molar refractivity (Wildman–Crippen MR) is 114 cm³/mol. The molecule has 2 aromatic rings. The van der Waals surface area contributed by atoms with Gasteiger partial charge in [0.25, 0.3) is 5.91 Å². The van der Waals surface area contributed by atoms with Crippen LogP contribution in [-0.4, -0.2) is 37.4 Å². The van der Waals surface area contributed by atoms with E-state index in [9.17, 15) is 14.4 Å². The fourth-order valence-electron chi connectivity index (χ4n) is 5.41. The number of hydrogen-bond acceptors (Lipinski definition) is 5. The van der Waals surface area contributed by atoms with Crippen molar-refractivity contribution < 1.29 is 19.1 Å².